The summed E-state index contributed by atoms with van der Waals surface area (Å²) in [7, 11) is 0. The summed E-state index contributed by atoms with van der Waals surface area (Å²) in [6, 6.07) is 7.14. The number of rotatable bonds is 9. The lowest BCUT2D eigenvalue weighted by atomic mass is 10.0. The molecule has 7 nitrogen and oxygen atoms in total. The molecule has 0 fully saturated rings. The molecule has 0 saturated heterocycles. The predicted molar refractivity (Wildman–Crippen MR) is 118 cm³/mol. The standard InChI is InChI=1S/C21H28Cl2N4O3/c1-5-30-21(29)25-16(10-13(2)3)11-24-20(28)18-14(4)26-27(19(18)23)12-15-8-6-7-9-17(15)22/h6-9,13,16H,5,10-12H2,1-4H3,(H,24,28)(H,25,29). The number of nitrogens with zero attached hydrogens (tertiary/aromatic N) is 2. The molecular weight excluding hydrogens is 427 g/mol. The molecule has 2 N–H and O–H groups in total. The van der Waals surface area contributed by atoms with Crippen LogP contribution in [0.15, 0.2) is 24.3 Å². The van der Waals surface area contributed by atoms with Crippen LogP contribution in [0.2, 0.25) is 10.2 Å². The van der Waals surface area contributed by atoms with Crippen LogP contribution in [0.4, 0.5) is 4.79 Å². The lowest BCUT2D eigenvalue weighted by Crippen LogP contribution is -2.44. The molecule has 0 saturated carbocycles. The Labute approximate surface area is 187 Å². The fourth-order valence-corrected chi connectivity index (χ4v) is 3.63. The van der Waals surface area contributed by atoms with Gasteiger partial charge in [-0.05, 0) is 37.8 Å². The van der Waals surface area contributed by atoms with Gasteiger partial charge in [0.2, 0.25) is 0 Å². The highest BCUT2D eigenvalue weighted by molar-refractivity contribution is 6.33. The van der Waals surface area contributed by atoms with Gasteiger partial charge in [-0.3, -0.25) is 4.79 Å². The van der Waals surface area contributed by atoms with Crippen molar-refractivity contribution in [2.75, 3.05) is 13.2 Å². The fraction of sp³-hybridized carbons (Fsp3) is 0.476. The Kier molecular flexibility index (Phi) is 8.99. The number of halogens is 2. The molecule has 0 aliphatic heterocycles. The number of carbonyl (C=O) groups is 2. The van der Waals surface area contributed by atoms with Crippen LogP contribution in [-0.2, 0) is 11.3 Å². The highest BCUT2D eigenvalue weighted by Crippen LogP contribution is 2.23. The minimum atomic E-state index is -0.501. The molecule has 2 aromatic rings. The zero-order chi connectivity index (χ0) is 22.3. The van der Waals surface area contributed by atoms with Crippen LogP contribution in [0.1, 0.15) is 48.8 Å². The first-order valence-corrected chi connectivity index (χ1v) is 10.7. The largest absolute Gasteiger partial charge is 0.450 e. The first kappa shape index (κ1) is 24.0. The Bertz CT molecular complexity index is 883. The van der Waals surface area contributed by atoms with Crippen molar-refractivity contribution >= 4 is 35.2 Å². The Hall–Kier alpha value is -2.25. The van der Waals surface area contributed by atoms with Gasteiger partial charge in [0.25, 0.3) is 5.91 Å². The summed E-state index contributed by atoms with van der Waals surface area (Å²) in [5.41, 5.74) is 1.68. The van der Waals surface area contributed by atoms with E-state index in [9.17, 15) is 9.59 Å². The first-order chi connectivity index (χ1) is 14.2. The van der Waals surface area contributed by atoms with Crippen molar-refractivity contribution in [1.29, 1.82) is 0 Å². The minimum absolute atomic E-state index is 0.240. The number of aromatic nitrogens is 2. The number of ether oxygens (including phenoxy) is 1. The van der Waals surface area contributed by atoms with Crippen molar-refractivity contribution in [2.45, 2.75) is 46.7 Å². The van der Waals surface area contributed by atoms with Gasteiger partial charge in [0.05, 0.1) is 24.4 Å². The number of hydrogen-bond donors (Lipinski definition) is 2. The molecule has 0 spiro atoms. The van der Waals surface area contributed by atoms with Crippen LogP contribution in [0.25, 0.3) is 0 Å². The molecule has 9 heteroatoms. The lowest BCUT2D eigenvalue weighted by molar-refractivity contribution is 0.0944. The second kappa shape index (κ2) is 11.2. The maximum atomic E-state index is 12.8. The van der Waals surface area contributed by atoms with Crippen molar-refractivity contribution < 1.29 is 14.3 Å². The zero-order valence-corrected chi connectivity index (χ0v) is 19.2. The lowest BCUT2D eigenvalue weighted by Gasteiger charge is -2.20. The van der Waals surface area contributed by atoms with E-state index < -0.39 is 6.09 Å². The molecular formula is C21H28Cl2N4O3. The van der Waals surface area contributed by atoms with Crippen molar-refractivity contribution in [3.63, 3.8) is 0 Å². The quantitative estimate of drug-likeness (QED) is 0.586. The fourth-order valence-electron chi connectivity index (χ4n) is 3.11. The molecule has 0 aliphatic carbocycles. The number of carbonyl (C=O) groups excluding carboxylic acids is 2. The average molecular weight is 455 g/mol. The molecule has 1 aromatic carbocycles. The Balaban J connectivity index is 2.09. The van der Waals surface area contributed by atoms with Gasteiger partial charge in [-0.1, -0.05) is 55.2 Å². The van der Waals surface area contributed by atoms with Crippen molar-refractivity contribution in [3.05, 3.63) is 51.3 Å². The predicted octanol–water partition coefficient (Wildman–Crippen LogP) is 4.44. The van der Waals surface area contributed by atoms with Gasteiger partial charge in [-0.25, -0.2) is 9.48 Å². The molecule has 1 aromatic heterocycles. The molecule has 2 rings (SSSR count). The van der Waals surface area contributed by atoms with Crippen LogP contribution in [-0.4, -0.2) is 41.0 Å². The number of alkyl carbamates (subject to hydrolysis) is 1. The molecule has 1 unspecified atom stereocenters. The van der Waals surface area contributed by atoms with E-state index >= 15 is 0 Å². The van der Waals surface area contributed by atoms with E-state index in [0.717, 1.165) is 5.56 Å². The third kappa shape index (κ3) is 6.64. The Morgan fingerprint density at radius 3 is 2.57 bits per heavy atom. The molecule has 1 heterocycles. The zero-order valence-electron chi connectivity index (χ0n) is 17.7. The van der Waals surface area contributed by atoms with Crippen LogP contribution < -0.4 is 10.6 Å². The highest BCUT2D eigenvalue weighted by atomic mass is 35.5. The molecule has 2 amide bonds. The van der Waals surface area contributed by atoms with Gasteiger partial charge >= 0.3 is 6.09 Å². The topological polar surface area (TPSA) is 85.2 Å². The molecule has 164 valence electrons. The number of amides is 2. The van der Waals surface area contributed by atoms with E-state index in [-0.39, 0.29) is 30.3 Å². The van der Waals surface area contributed by atoms with E-state index in [1.54, 1.807) is 24.6 Å². The summed E-state index contributed by atoms with van der Waals surface area (Å²) < 4.78 is 6.50. The van der Waals surface area contributed by atoms with E-state index in [1.165, 1.54) is 0 Å². The second-order valence-electron chi connectivity index (χ2n) is 7.40. The van der Waals surface area contributed by atoms with Crippen LogP contribution in [0, 0.1) is 12.8 Å². The first-order valence-electron chi connectivity index (χ1n) is 9.90. The summed E-state index contributed by atoms with van der Waals surface area (Å²) in [5, 5.41) is 10.9. The van der Waals surface area contributed by atoms with Crippen molar-refractivity contribution in [2.24, 2.45) is 5.92 Å². The molecule has 0 aliphatic rings. The smallest absolute Gasteiger partial charge is 0.407 e. The van der Waals surface area contributed by atoms with Gasteiger partial charge < -0.3 is 15.4 Å². The number of aryl methyl sites for hydroxylation is 1. The van der Waals surface area contributed by atoms with E-state index in [1.807, 2.05) is 32.0 Å². The summed E-state index contributed by atoms with van der Waals surface area (Å²) in [5.74, 6) is -0.0140. The Morgan fingerprint density at radius 2 is 1.93 bits per heavy atom. The average Bonchev–Trinajstić information content (AvgIpc) is 2.94. The SMILES string of the molecule is CCOC(=O)NC(CNC(=O)c1c(C)nn(Cc2ccccc2Cl)c1Cl)CC(C)C. The van der Waals surface area contributed by atoms with Crippen LogP contribution in [0.5, 0.6) is 0 Å². The third-order valence-electron chi connectivity index (χ3n) is 4.43. The van der Waals surface area contributed by atoms with E-state index in [4.69, 9.17) is 27.9 Å². The summed E-state index contributed by atoms with van der Waals surface area (Å²) in [6.45, 7) is 8.44. The number of benzene rings is 1. The summed E-state index contributed by atoms with van der Waals surface area (Å²) in [4.78, 5) is 24.6. The second-order valence-corrected chi connectivity index (χ2v) is 8.17. The summed E-state index contributed by atoms with van der Waals surface area (Å²) >= 11 is 12.7. The van der Waals surface area contributed by atoms with Gasteiger partial charge in [-0.2, -0.15) is 5.10 Å². The number of hydrogen-bond acceptors (Lipinski definition) is 4. The molecule has 0 radical (unpaired) electrons. The number of nitrogens with one attached hydrogen (secondary N) is 2. The molecule has 0 bridgehead atoms. The van der Waals surface area contributed by atoms with Gasteiger partial charge in [-0.15, -0.1) is 0 Å². The third-order valence-corrected chi connectivity index (χ3v) is 5.19. The van der Waals surface area contributed by atoms with E-state index in [2.05, 4.69) is 15.7 Å². The van der Waals surface area contributed by atoms with Crippen molar-refractivity contribution in [3.8, 4) is 0 Å². The summed E-state index contributed by atoms with van der Waals surface area (Å²) in [6.07, 6.45) is 0.191. The van der Waals surface area contributed by atoms with E-state index in [0.29, 0.717) is 35.2 Å². The maximum absolute atomic E-state index is 12.8. The van der Waals surface area contributed by atoms with Gasteiger partial charge in [0.1, 0.15) is 5.15 Å². The van der Waals surface area contributed by atoms with Crippen molar-refractivity contribution in [1.82, 2.24) is 20.4 Å². The minimum Gasteiger partial charge on any atom is -0.450 e. The monoisotopic (exact) mass is 454 g/mol. The highest BCUT2D eigenvalue weighted by Gasteiger charge is 2.22. The normalized spacial score (nSPS) is 12.0. The van der Waals surface area contributed by atoms with Gasteiger partial charge in [0.15, 0.2) is 0 Å². The van der Waals surface area contributed by atoms with Gasteiger partial charge in [0, 0.05) is 17.6 Å². The van der Waals surface area contributed by atoms with Crippen LogP contribution >= 0.6 is 23.2 Å². The molecule has 1 atom stereocenters. The van der Waals surface area contributed by atoms with Crippen LogP contribution in [0.3, 0.4) is 0 Å². The molecule has 30 heavy (non-hydrogen) atoms. The maximum Gasteiger partial charge on any atom is 0.407 e. The Morgan fingerprint density at radius 1 is 1.23 bits per heavy atom.